The molecule has 0 aromatic heterocycles. The molecule has 5 heteroatoms. The van der Waals surface area contributed by atoms with Crippen molar-refractivity contribution in [2.24, 2.45) is 5.73 Å². The lowest BCUT2D eigenvalue weighted by atomic mass is 10.2. The number of ether oxygens (including phenoxy) is 2. The molecular formula is C7H15NO4. The predicted molar refractivity (Wildman–Crippen MR) is 42.7 cm³/mol. The summed E-state index contributed by atoms with van der Waals surface area (Å²) in [5, 5.41) is 8.31. The summed E-state index contributed by atoms with van der Waals surface area (Å²) in [5.41, 5.74) is 5.52. The molecule has 0 radical (unpaired) electrons. The predicted octanol–water partition coefficient (Wildman–Crippen LogP) is -0.201. The van der Waals surface area contributed by atoms with Crippen molar-refractivity contribution in [3.8, 4) is 0 Å². The van der Waals surface area contributed by atoms with Crippen LogP contribution in [-0.2, 0) is 14.3 Å². The Labute approximate surface area is 71.5 Å². The van der Waals surface area contributed by atoms with Crippen LogP contribution in [0.1, 0.15) is 12.8 Å². The number of hydrogen-bond acceptors (Lipinski definition) is 4. The Kier molecular flexibility index (Phi) is 6.64. The zero-order valence-corrected chi connectivity index (χ0v) is 7.16. The van der Waals surface area contributed by atoms with Crippen LogP contribution in [0.15, 0.2) is 0 Å². The van der Waals surface area contributed by atoms with E-state index in [1.807, 2.05) is 0 Å². The molecule has 1 atom stereocenters. The maximum Gasteiger partial charge on any atom is 0.303 e. The molecule has 0 rings (SSSR count). The number of hydrogen-bond donors (Lipinski definition) is 2. The average molecular weight is 177 g/mol. The highest BCUT2D eigenvalue weighted by Gasteiger charge is 2.05. The lowest BCUT2D eigenvalue weighted by molar-refractivity contribution is -0.137. The van der Waals surface area contributed by atoms with Crippen LogP contribution in [-0.4, -0.2) is 37.6 Å². The van der Waals surface area contributed by atoms with E-state index in [1.54, 1.807) is 0 Å². The molecule has 0 aliphatic carbocycles. The van der Waals surface area contributed by atoms with Crippen LogP contribution in [0.4, 0.5) is 0 Å². The standard InChI is InChI=1S/C7H15NO4/c1-11-5-12-4-6(8)2-3-7(9)10/h6H,2-5,8H2,1H3,(H,9,10)/t6-/m1/s1. The lowest BCUT2D eigenvalue weighted by Crippen LogP contribution is -2.27. The van der Waals surface area contributed by atoms with Crippen molar-refractivity contribution in [1.82, 2.24) is 0 Å². The third kappa shape index (κ3) is 7.46. The van der Waals surface area contributed by atoms with Crippen molar-refractivity contribution in [2.45, 2.75) is 18.9 Å². The Balaban J connectivity index is 3.21. The van der Waals surface area contributed by atoms with Crippen molar-refractivity contribution in [1.29, 1.82) is 0 Å². The van der Waals surface area contributed by atoms with Gasteiger partial charge in [-0.15, -0.1) is 0 Å². The number of carbonyl (C=O) groups is 1. The number of nitrogens with two attached hydrogens (primary N) is 1. The Morgan fingerprint density at radius 2 is 2.33 bits per heavy atom. The summed E-state index contributed by atoms with van der Waals surface area (Å²) in [6.45, 7) is 0.530. The highest BCUT2D eigenvalue weighted by atomic mass is 16.7. The van der Waals surface area contributed by atoms with E-state index in [0.717, 1.165) is 0 Å². The van der Waals surface area contributed by atoms with Gasteiger partial charge in [-0.05, 0) is 6.42 Å². The molecule has 0 aromatic rings. The summed E-state index contributed by atoms with van der Waals surface area (Å²) in [6.07, 6.45) is 0.510. The van der Waals surface area contributed by atoms with Gasteiger partial charge in [-0.1, -0.05) is 0 Å². The smallest absolute Gasteiger partial charge is 0.303 e. The van der Waals surface area contributed by atoms with Gasteiger partial charge in [0.15, 0.2) is 0 Å². The van der Waals surface area contributed by atoms with Gasteiger partial charge in [-0.3, -0.25) is 4.79 Å². The first-order valence-corrected chi connectivity index (χ1v) is 3.71. The summed E-state index contributed by atoms with van der Waals surface area (Å²) < 4.78 is 9.56. The molecular weight excluding hydrogens is 162 g/mol. The number of aliphatic carboxylic acids is 1. The zero-order chi connectivity index (χ0) is 9.40. The van der Waals surface area contributed by atoms with E-state index in [4.69, 9.17) is 15.6 Å². The number of rotatable bonds is 7. The second kappa shape index (κ2) is 7.02. The molecule has 0 aliphatic heterocycles. The molecule has 0 unspecified atom stereocenters. The first-order valence-electron chi connectivity index (χ1n) is 3.71. The lowest BCUT2D eigenvalue weighted by Gasteiger charge is -2.09. The molecule has 0 fully saturated rings. The summed E-state index contributed by atoms with van der Waals surface area (Å²) in [5.74, 6) is -0.836. The monoisotopic (exact) mass is 177 g/mol. The molecule has 3 N–H and O–H groups in total. The highest BCUT2D eigenvalue weighted by molar-refractivity contribution is 5.66. The van der Waals surface area contributed by atoms with Gasteiger partial charge >= 0.3 is 5.97 Å². The maximum atomic E-state index is 10.1. The van der Waals surface area contributed by atoms with E-state index in [9.17, 15) is 4.79 Å². The van der Waals surface area contributed by atoms with E-state index in [-0.39, 0.29) is 19.3 Å². The van der Waals surface area contributed by atoms with Gasteiger partial charge in [0.25, 0.3) is 0 Å². The molecule has 0 spiro atoms. The molecule has 0 saturated heterocycles. The van der Waals surface area contributed by atoms with Crippen molar-refractivity contribution >= 4 is 5.97 Å². The van der Waals surface area contributed by atoms with Crippen LogP contribution in [0.25, 0.3) is 0 Å². The average Bonchev–Trinajstić information content (AvgIpc) is 2.01. The fourth-order valence-electron chi connectivity index (χ4n) is 0.675. The van der Waals surface area contributed by atoms with Crippen molar-refractivity contribution in [3.05, 3.63) is 0 Å². The Hall–Kier alpha value is -0.650. The Morgan fingerprint density at radius 1 is 1.67 bits per heavy atom. The second-order valence-electron chi connectivity index (χ2n) is 2.47. The fraction of sp³-hybridized carbons (Fsp3) is 0.857. The van der Waals surface area contributed by atoms with Crippen molar-refractivity contribution in [2.75, 3.05) is 20.5 Å². The molecule has 0 saturated carbocycles. The third-order valence-electron chi connectivity index (χ3n) is 1.26. The molecule has 72 valence electrons. The normalized spacial score (nSPS) is 12.8. The summed E-state index contributed by atoms with van der Waals surface area (Å²) >= 11 is 0. The van der Waals surface area contributed by atoms with E-state index >= 15 is 0 Å². The van der Waals surface area contributed by atoms with E-state index in [0.29, 0.717) is 13.0 Å². The van der Waals surface area contributed by atoms with Gasteiger partial charge in [0, 0.05) is 19.6 Å². The first kappa shape index (κ1) is 11.4. The highest BCUT2D eigenvalue weighted by Crippen LogP contribution is 1.94. The number of carboxylic acid groups (broad SMARTS) is 1. The van der Waals surface area contributed by atoms with Crippen LogP contribution < -0.4 is 5.73 Å². The van der Waals surface area contributed by atoms with Crippen LogP contribution in [0.5, 0.6) is 0 Å². The van der Waals surface area contributed by atoms with E-state index in [1.165, 1.54) is 7.11 Å². The third-order valence-corrected chi connectivity index (χ3v) is 1.26. The van der Waals surface area contributed by atoms with Gasteiger partial charge in [0.05, 0.1) is 6.61 Å². The van der Waals surface area contributed by atoms with Crippen molar-refractivity contribution in [3.63, 3.8) is 0 Å². The Bertz CT molecular complexity index is 129. The van der Waals surface area contributed by atoms with Crippen molar-refractivity contribution < 1.29 is 19.4 Å². The van der Waals surface area contributed by atoms with Gasteiger partial charge in [0.1, 0.15) is 6.79 Å². The van der Waals surface area contributed by atoms with Gasteiger partial charge in [-0.25, -0.2) is 0 Å². The minimum absolute atomic E-state index is 0.0809. The maximum absolute atomic E-state index is 10.1. The van der Waals surface area contributed by atoms with Gasteiger partial charge in [-0.2, -0.15) is 0 Å². The van der Waals surface area contributed by atoms with Crippen LogP contribution in [0.3, 0.4) is 0 Å². The zero-order valence-electron chi connectivity index (χ0n) is 7.16. The SMILES string of the molecule is COCOC[C@H](N)CCC(=O)O. The van der Waals surface area contributed by atoms with Crippen LogP contribution >= 0.6 is 0 Å². The molecule has 0 heterocycles. The molecule has 0 bridgehead atoms. The summed E-state index contributed by atoms with van der Waals surface area (Å²) in [7, 11) is 1.52. The minimum atomic E-state index is -0.836. The summed E-state index contributed by atoms with van der Waals surface area (Å²) in [6, 6.07) is -0.226. The largest absolute Gasteiger partial charge is 0.481 e. The topological polar surface area (TPSA) is 81.8 Å². The number of methoxy groups -OCH3 is 1. The quantitative estimate of drug-likeness (QED) is 0.415. The van der Waals surface area contributed by atoms with Gasteiger partial charge < -0.3 is 20.3 Å². The molecule has 0 amide bonds. The van der Waals surface area contributed by atoms with Crippen LogP contribution in [0.2, 0.25) is 0 Å². The first-order chi connectivity index (χ1) is 5.66. The number of carboxylic acids is 1. The second-order valence-corrected chi connectivity index (χ2v) is 2.47. The molecule has 0 aliphatic rings. The van der Waals surface area contributed by atoms with E-state index < -0.39 is 5.97 Å². The summed E-state index contributed by atoms with van der Waals surface area (Å²) in [4.78, 5) is 10.1. The minimum Gasteiger partial charge on any atom is -0.481 e. The molecule has 0 aromatic carbocycles. The van der Waals surface area contributed by atoms with Crippen LogP contribution in [0, 0.1) is 0 Å². The Morgan fingerprint density at radius 3 is 2.83 bits per heavy atom. The van der Waals surface area contributed by atoms with E-state index in [2.05, 4.69) is 4.74 Å². The fourth-order valence-corrected chi connectivity index (χ4v) is 0.675. The molecule has 5 nitrogen and oxygen atoms in total. The van der Waals surface area contributed by atoms with Gasteiger partial charge in [0.2, 0.25) is 0 Å². The molecule has 12 heavy (non-hydrogen) atoms.